The van der Waals surface area contributed by atoms with Crippen LogP contribution in [0.1, 0.15) is 24.4 Å². The second kappa shape index (κ2) is 5.01. The highest BCUT2D eigenvalue weighted by atomic mass is 79.9. The lowest BCUT2D eigenvalue weighted by Crippen LogP contribution is -2.26. The van der Waals surface area contributed by atoms with Gasteiger partial charge in [-0.1, -0.05) is 6.92 Å². The van der Waals surface area contributed by atoms with E-state index in [9.17, 15) is 0 Å². The van der Waals surface area contributed by atoms with Gasteiger partial charge in [-0.2, -0.15) is 10.2 Å². The molecule has 5 nitrogen and oxygen atoms in total. The van der Waals surface area contributed by atoms with Crippen LogP contribution in [0.25, 0.3) is 0 Å². The Morgan fingerprint density at radius 3 is 2.59 bits per heavy atom. The maximum absolute atomic E-state index is 4.26. The summed E-state index contributed by atoms with van der Waals surface area (Å²) < 4.78 is 4.77. The average Bonchev–Trinajstić information content (AvgIpc) is 2.84. The zero-order valence-electron chi connectivity index (χ0n) is 10.2. The molecule has 0 aliphatic rings. The maximum Gasteiger partial charge on any atom is 0.0929 e. The van der Waals surface area contributed by atoms with Gasteiger partial charge in [0.2, 0.25) is 0 Å². The van der Waals surface area contributed by atoms with Gasteiger partial charge in [-0.25, -0.2) is 0 Å². The Hall–Kier alpha value is -1.14. The molecule has 0 aliphatic carbocycles. The van der Waals surface area contributed by atoms with Crippen LogP contribution < -0.4 is 5.32 Å². The molecular formula is C11H16BrN5. The lowest BCUT2D eigenvalue weighted by atomic mass is 10.1. The summed E-state index contributed by atoms with van der Waals surface area (Å²) in [5, 5.41) is 11.9. The first kappa shape index (κ1) is 12.3. The van der Waals surface area contributed by atoms with E-state index >= 15 is 0 Å². The average molecular weight is 298 g/mol. The second-order valence-electron chi connectivity index (χ2n) is 3.87. The molecule has 0 bridgehead atoms. The highest BCUT2D eigenvalue weighted by molar-refractivity contribution is 9.10. The highest BCUT2D eigenvalue weighted by Crippen LogP contribution is 2.27. The third-order valence-corrected chi connectivity index (χ3v) is 3.38. The Morgan fingerprint density at radius 1 is 1.35 bits per heavy atom. The van der Waals surface area contributed by atoms with Crippen molar-refractivity contribution in [3.63, 3.8) is 0 Å². The Bertz CT molecular complexity index is 482. The summed E-state index contributed by atoms with van der Waals surface area (Å²) >= 11 is 3.54. The van der Waals surface area contributed by atoms with Crippen LogP contribution in [-0.4, -0.2) is 26.1 Å². The Balaban J connectivity index is 2.46. The molecule has 0 aromatic carbocycles. The number of aryl methyl sites for hydroxylation is 2. The SMILES string of the molecule is CCNC(c1ccnn1C)c1c(Br)cnn1C. The number of halogens is 1. The standard InChI is InChI=1S/C11H16BrN5/c1-4-13-10(9-5-6-14-16(9)2)11-8(12)7-15-17(11)3/h5-7,10,13H,4H2,1-3H3. The van der Waals surface area contributed by atoms with Gasteiger partial charge >= 0.3 is 0 Å². The molecule has 0 saturated heterocycles. The van der Waals surface area contributed by atoms with Gasteiger partial charge in [0.05, 0.1) is 28.1 Å². The van der Waals surface area contributed by atoms with E-state index in [0.717, 1.165) is 22.4 Å². The third kappa shape index (κ3) is 2.28. The second-order valence-corrected chi connectivity index (χ2v) is 4.73. The summed E-state index contributed by atoms with van der Waals surface area (Å²) in [5.41, 5.74) is 2.23. The highest BCUT2D eigenvalue weighted by Gasteiger charge is 2.22. The molecule has 2 heterocycles. The molecule has 0 spiro atoms. The van der Waals surface area contributed by atoms with Crippen LogP contribution >= 0.6 is 15.9 Å². The molecule has 1 unspecified atom stereocenters. The minimum absolute atomic E-state index is 0.0920. The van der Waals surface area contributed by atoms with Crippen molar-refractivity contribution in [2.75, 3.05) is 6.54 Å². The molecule has 6 heteroatoms. The first-order valence-corrected chi connectivity index (χ1v) is 6.33. The summed E-state index contributed by atoms with van der Waals surface area (Å²) in [6.07, 6.45) is 3.62. The third-order valence-electron chi connectivity index (χ3n) is 2.77. The van der Waals surface area contributed by atoms with Crippen LogP contribution in [0.5, 0.6) is 0 Å². The predicted octanol–water partition coefficient (Wildman–Crippen LogP) is 1.61. The van der Waals surface area contributed by atoms with Crippen molar-refractivity contribution in [1.82, 2.24) is 24.9 Å². The molecule has 2 aromatic rings. The van der Waals surface area contributed by atoms with Crippen molar-refractivity contribution in [3.8, 4) is 0 Å². The molecule has 2 rings (SSSR count). The molecule has 2 aromatic heterocycles. The smallest absolute Gasteiger partial charge is 0.0929 e. The van der Waals surface area contributed by atoms with Crippen molar-refractivity contribution in [3.05, 3.63) is 34.3 Å². The predicted molar refractivity (Wildman–Crippen MR) is 69.6 cm³/mol. The molecule has 1 atom stereocenters. The summed E-state index contributed by atoms with van der Waals surface area (Å²) in [6, 6.07) is 2.11. The molecule has 0 aliphatic heterocycles. The van der Waals surface area contributed by atoms with Crippen LogP contribution in [0.3, 0.4) is 0 Å². The number of rotatable bonds is 4. The minimum atomic E-state index is 0.0920. The van der Waals surface area contributed by atoms with Gasteiger partial charge < -0.3 is 5.32 Å². The van der Waals surface area contributed by atoms with Crippen molar-refractivity contribution in [2.45, 2.75) is 13.0 Å². The molecule has 0 amide bonds. The lowest BCUT2D eigenvalue weighted by Gasteiger charge is -2.19. The molecule has 0 radical (unpaired) electrons. The van der Waals surface area contributed by atoms with Crippen molar-refractivity contribution in [1.29, 1.82) is 0 Å². The fourth-order valence-electron chi connectivity index (χ4n) is 1.96. The monoisotopic (exact) mass is 297 g/mol. The van der Waals surface area contributed by atoms with E-state index in [1.54, 1.807) is 0 Å². The largest absolute Gasteiger partial charge is 0.304 e. The van der Waals surface area contributed by atoms with Crippen LogP contribution in [0.4, 0.5) is 0 Å². The van der Waals surface area contributed by atoms with Gasteiger partial charge in [0.1, 0.15) is 0 Å². The van der Waals surface area contributed by atoms with E-state index in [-0.39, 0.29) is 6.04 Å². The fourth-order valence-corrected chi connectivity index (χ4v) is 2.53. The molecule has 92 valence electrons. The number of hydrogen-bond acceptors (Lipinski definition) is 3. The van der Waals surface area contributed by atoms with Crippen LogP contribution in [-0.2, 0) is 14.1 Å². The Morgan fingerprint density at radius 2 is 2.12 bits per heavy atom. The zero-order valence-corrected chi connectivity index (χ0v) is 11.8. The van der Waals surface area contributed by atoms with Gasteiger partial charge in [0.15, 0.2) is 0 Å². The number of nitrogens with zero attached hydrogens (tertiary/aromatic N) is 4. The molecular weight excluding hydrogens is 282 g/mol. The minimum Gasteiger partial charge on any atom is -0.304 e. The van der Waals surface area contributed by atoms with Crippen molar-refractivity contribution < 1.29 is 0 Å². The van der Waals surface area contributed by atoms with E-state index in [0.29, 0.717) is 0 Å². The normalized spacial score (nSPS) is 12.9. The molecule has 1 N–H and O–H groups in total. The van der Waals surface area contributed by atoms with Gasteiger partial charge in [-0.05, 0) is 28.5 Å². The molecule has 0 fully saturated rings. The lowest BCUT2D eigenvalue weighted by molar-refractivity contribution is 0.532. The number of nitrogens with one attached hydrogen (secondary N) is 1. The van der Waals surface area contributed by atoms with E-state index in [4.69, 9.17) is 0 Å². The van der Waals surface area contributed by atoms with E-state index in [1.807, 2.05) is 41.9 Å². The van der Waals surface area contributed by atoms with Crippen molar-refractivity contribution in [2.24, 2.45) is 14.1 Å². The van der Waals surface area contributed by atoms with Crippen LogP contribution in [0.15, 0.2) is 22.9 Å². The quantitative estimate of drug-likeness (QED) is 0.933. The van der Waals surface area contributed by atoms with E-state index in [1.165, 1.54) is 0 Å². The Kier molecular flexibility index (Phi) is 3.63. The first-order chi connectivity index (χ1) is 8.15. The van der Waals surface area contributed by atoms with Gasteiger partial charge in [0.25, 0.3) is 0 Å². The number of hydrogen-bond donors (Lipinski definition) is 1. The summed E-state index contributed by atoms with van der Waals surface area (Å²) in [6.45, 7) is 2.97. The molecule has 0 saturated carbocycles. The van der Waals surface area contributed by atoms with Gasteiger partial charge in [-0.3, -0.25) is 9.36 Å². The summed E-state index contributed by atoms with van der Waals surface area (Å²) in [5.74, 6) is 0. The van der Waals surface area contributed by atoms with Crippen LogP contribution in [0.2, 0.25) is 0 Å². The number of aromatic nitrogens is 4. The summed E-state index contributed by atoms with van der Waals surface area (Å²) in [4.78, 5) is 0. The van der Waals surface area contributed by atoms with E-state index < -0.39 is 0 Å². The maximum atomic E-state index is 4.26. The topological polar surface area (TPSA) is 47.7 Å². The fraction of sp³-hybridized carbons (Fsp3) is 0.455. The molecule has 17 heavy (non-hydrogen) atoms. The first-order valence-electron chi connectivity index (χ1n) is 5.53. The summed E-state index contributed by atoms with van der Waals surface area (Å²) in [7, 11) is 3.89. The van der Waals surface area contributed by atoms with Crippen molar-refractivity contribution >= 4 is 15.9 Å². The van der Waals surface area contributed by atoms with Crippen LogP contribution in [0, 0.1) is 0 Å². The zero-order chi connectivity index (χ0) is 12.4. The Labute approximate surface area is 109 Å². The van der Waals surface area contributed by atoms with E-state index in [2.05, 4.69) is 38.4 Å². The van der Waals surface area contributed by atoms with Gasteiger partial charge in [0, 0.05) is 20.3 Å². The van der Waals surface area contributed by atoms with Gasteiger partial charge in [-0.15, -0.1) is 0 Å².